The van der Waals surface area contributed by atoms with E-state index >= 15 is 0 Å². The Morgan fingerprint density at radius 2 is 1.52 bits per heavy atom. The van der Waals surface area contributed by atoms with Gasteiger partial charge in [0.25, 0.3) is 11.5 Å². The lowest BCUT2D eigenvalue weighted by Gasteiger charge is -2.19. The molecule has 0 aliphatic carbocycles. The zero-order valence-electron chi connectivity index (χ0n) is 19.0. The van der Waals surface area contributed by atoms with E-state index in [1.165, 1.54) is 4.68 Å². The fourth-order valence-corrected chi connectivity index (χ4v) is 3.33. The number of hydrogen-bond donors (Lipinski definition) is 2. The summed E-state index contributed by atoms with van der Waals surface area (Å²) < 4.78 is 39.4. The summed E-state index contributed by atoms with van der Waals surface area (Å²) in [6.45, 7) is 9.59. The highest BCUT2D eigenvalue weighted by Crippen LogP contribution is 2.29. The maximum absolute atomic E-state index is 13.0. The van der Waals surface area contributed by atoms with Gasteiger partial charge in [0.05, 0.1) is 22.5 Å². The van der Waals surface area contributed by atoms with Gasteiger partial charge in [0.2, 0.25) is 0 Å². The molecule has 1 heterocycles. The van der Waals surface area contributed by atoms with Crippen molar-refractivity contribution in [3.05, 3.63) is 86.8 Å². The Balaban J connectivity index is 1.81. The number of carbonyl (C=O) groups is 1. The van der Waals surface area contributed by atoms with E-state index in [4.69, 9.17) is 0 Å². The van der Waals surface area contributed by atoms with Crippen molar-refractivity contribution in [2.45, 2.75) is 46.2 Å². The molecule has 1 amide bonds. The molecule has 0 atom stereocenters. The minimum atomic E-state index is -4.48. The van der Waals surface area contributed by atoms with Crippen LogP contribution in [0.3, 0.4) is 0 Å². The lowest BCUT2D eigenvalue weighted by molar-refractivity contribution is -0.137. The van der Waals surface area contributed by atoms with E-state index < -0.39 is 17.6 Å². The van der Waals surface area contributed by atoms with Crippen LogP contribution in [0.1, 0.15) is 60.4 Å². The molecule has 2 N–H and O–H groups in total. The third-order valence-corrected chi connectivity index (χ3v) is 5.22. The van der Waals surface area contributed by atoms with E-state index in [9.17, 15) is 22.8 Å². The second-order valence-corrected chi connectivity index (χ2v) is 8.76. The number of H-pyrrole nitrogens is 1. The molecule has 6 nitrogen and oxygen atoms in total. The van der Waals surface area contributed by atoms with Gasteiger partial charge in [-0.3, -0.25) is 14.7 Å². The Kier molecular flexibility index (Phi) is 6.35. The van der Waals surface area contributed by atoms with Crippen molar-refractivity contribution < 1.29 is 18.0 Å². The summed E-state index contributed by atoms with van der Waals surface area (Å²) in [6.07, 6.45) is -4.48. The normalized spacial score (nSPS) is 12.7. The molecular formula is C24H25F3N4O2. The highest BCUT2D eigenvalue weighted by Gasteiger charge is 2.30. The summed E-state index contributed by atoms with van der Waals surface area (Å²) >= 11 is 0. The molecule has 0 fully saturated rings. The van der Waals surface area contributed by atoms with Crippen LogP contribution in [-0.2, 0) is 11.6 Å². The number of carbonyl (C=O) groups excluding carboxylic acids is 1. The van der Waals surface area contributed by atoms with Gasteiger partial charge < -0.3 is 0 Å². The summed E-state index contributed by atoms with van der Waals surface area (Å²) in [6, 6.07) is 11.4. The minimum absolute atomic E-state index is 0.0155. The molecule has 9 heteroatoms. The molecule has 0 radical (unpaired) electrons. The van der Waals surface area contributed by atoms with E-state index in [0.717, 1.165) is 29.8 Å². The molecule has 0 spiro atoms. The van der Waals surface area contributed by atoms with Crippen molar-refractivity contribution in [3.63, 3.8) is 0 Å². The predicted octanol–water partition coefficient (Wildman–Crippen LogP) is 4.94. The van der Waals surface area contributed by atoms with Crippen LogP contribution in [0, 0.1) is 6.92 Å². The Hall–Kier alpha value is -3.62. The first-order valence-corrected chi connectivity index (χ1v) is 10.2. The molecule has 3 aromatic rings. The van der Waals surface area contributed by atoms with Crippen molar-refractivity contribution in [2.75, 3.05) is 0 Å². The molecule has 0 aliphatic heterocycles. The Morgan fingerprint density at radius 1 is 0.970 bits per heavy atom. The Bertz CT molecular complexity index is 1240. The van der Waals surface area contributed by atoms with Gasteiger partial charge in [-0.05, 0) is 61.2 Å². The van der Waals surface area contributed by atoms with Crippen LogP contribution >= 0.6 is 0 Å². The topological polar surface area (TPSA) is 79.2 Å². The lowest BCUT2D eigenvalue weighted by Crippen LogP contribution is -2.23. The molecule has 2 aromatic carbocycles. The summed E-state index contributed by atoms with van der Waals surface area (Å²) in [4.78, 5) is 25.3. The van der Waals surface area contributed by atoms with Gasteiger partial charge in [0, 0.05) is 11.3 Å². The number of amides is 1. The summed E-state index contributed by atoms with van der Waals surface area (Å²) in [5.41, 5.74) is 4.01. The van der Waals surface area contributed by atoms with E-state index in [-0.39, 0.29) is 22.2 Å². The minimum Gasteiger partial charge on any atom is -0.295 e. The fourth-order valence-electron chi connectivity index (χ4n) is 3.33. The number of halogens is 3. The first kappa shape index (κ1) is 24.0. The number of rotatable bonds is 4. The number of hydrogen-bond acceptors (Lipinski definition) is 3. The maximum atomic E-state index is 13.0. The van der Waals surface area contributed by atoms with Gasteiger partial charge in [-0.2, -0.15) is 18.3 Å². The van der Waals surface area contributed by atoms with Crippen LogP contribution in [0.25, 0.3) is 5.69 Å². The van der Waals surface area contributed by atoms with Crippen molar-refractivity contribution in [1.29, 1.82) is 0 Å². The smallest absolute Gasteiger partial charge is 0.295 e. The van der Waals surface area contributed by atoms with Crippen LogP contribution in [0.5, 0.6) is 0 Å². The number of nitrogens with zero attached hydrogens (tertiary/aromatic N) is 2. The van der Waals surface area contributed by atoms with Crippen molar-refractivity contribution >= 4 is 11.6 Å². The van der Waals surface area contributed by atoms with Crippen LogP contribution in [0.4, 0.5) is 13.2 Å². The molecule has 0 unspecified atom stereocenters. The average molecular weight is 458 g/mol. The molecule has 0 aliphatic rings. The molecule has 0 saturated heterocycles. The molecule has 174 valence electrons. The van der Waals surface area contributed by atoms with Gasteiger partial charge >= 0.3 is 6.18 Å². The third-order valence-electron chi connectivity index (χ3n) is 5.22. The molecule has 0 saturated carbocycles. The number of hydrazone groups is 1. The first-order valence-electron chi connectivity index (χ1n) is 10.2. The number of aromatic amines is 1. The standard InChI is InChI=1S/C24H25F3N4O2/c1-14(28-29-21(32)16-6-8-18(9-7-16)24(25,26)27)20-15(2)30-31(22(20)33)19-12-10-17(11-13-19)23(3,4)5/h6-13,30H,1-5H3,(H,29,32)/b28-14+. The average Bonchev–Trinajstić information content (AvgIpc) is 3.04. The zero-order chi connectivity index (χ0) is 24.6. The summed E-state index contributed by atoms with van der Waals surface area (Å²) in [5, 5.41) is 6.99. The largest absolute Gasteiger partial charge is 0.416 e. The van der Waals surface area contributed by atoms with Crippen LogP contribution in [0.15, 0.2) is 58.4 Å². The molecule has 33 heavy (non-hydrogen) atoms. The van der Waals surface area contributed by atoms with Crippen molar-refractivity contribution in [3.8, 4) is 5.69 Å². The van der Waals surface area contributed by atoms with E-state index in [1.807, 2.05) is 24.3 Å². The Morgan fingerprint density at radius 3 is 2.03 bits per heavy atom. The monoisotopic (exact) mass is 458 g/mol. The second kappa shape index (κ2) is 8.73. The van der Waals surface area contributed by atoms with E-state index in [2.05, 4.69) is 36.4 Å². The van der Waals surface area contributed by atoms with E-state index in [1.54, 1.807) is 13.8 Å². The van der Waals surface area contributed by atoms with Gasteiger partial charge in [-0.1, -0.05) is 32.9 Å². The quantitative estimate of drug-likeness (QED) is 0.429. The summed E-state index contributed by atoms with van der Waals surface area (Å²) in [5.74, 6) is -0.686. The number of aryl methyl sites for hydroxylation is 1. The molecule has 1 aromatic heterocycles. The first-order chi connectivity index (χ1) is 15.3. The summed E-state index contributed by atoms with van der Waals surface area (Å²) in [7, 11) is 0. The zero-order valence-corrected chi connectivity index (χ0v) is 19.0. The SMILES string of the molecule is C/C(=N\NC(=O)c1ccc(C(F)(F)F)cc1)c1c(C)[nH]n(-c2ccc(C(C)(C)C)cc2)c1=O. The van der Waals surface area contributed by atoms with Crippen LogP contribution in [0.2, 0.25) is 0 Å². The van der Waals surface area contributed by atoms with E-state index in [0.29, 0.717) is 16.9 Å². The van der Waals surface area contributed by atoms with Gasteiger partial charge in [0.15, 0.2) is 0 Å². The number of aromatic nitrogens is 2. The molecular weight excluding hydrogens is 433 g/mol. The highest BCUT2D eigenvalue weighted by molar-refractivity contribution is 6.01. The van der Waals surface area contributed by atoms with Crippen LogP contribution in [-0.4, -0.2) is 21.4 Å². The van der Waals surface area contributed by atoms with Crippen molar-refractivity contribution in [2.24, 2.45) is 5.10 Å². The van der Waals surface area contributed by atoms with Crippen molar-refractivity contribution in [1.82, 2.24) is 15.2 Å². The molecule has 0 bridgehead atoms. The van der Waals surface area contributed by atoms with Gasteiger partial charge in [0.1, 0.15) is 0 Å². The number of benzene rings is 2. The van der Waals surface area contributed by atoms with Gasteiger partial charge in [-0.15, -0.1) is 0 Å². The lowest BCUT2D eigenvalue weighted by atomic mass is 9.87. The highest BCUT2D eigenvalue weighted by atomic mass is 19.4. The van der Waals surface area contributed by atoms with Crippen LogP contribution < -0.4 is 11.0 Å². The van der Waals surface area contributed by atoms with Gasteiger partial charge in [-0.25, -0.2) is 10.1 Å². The fraction of sp³-hybridized carbons (Fsp3) is 0.292. The number of alkyl halides is 3. The second-order valence-electron chi connectivity index (χ2n) is 8.76. The molecule has 3 rings (SSSR count). The third kappa shape index (κ3) is 5.24. The predicted molar refractivity (Wildman–Crippen MR) is 121 cm³/mol. The Labute approximate surface area is 189 Å². The maximum Gasteiger partial charge on any atom is 0.416 e. The number of nitrogens with one attached hydrogen (secondary N) is 2.